The Bertz CT molecular complexity index is 864. The summed E-state index contributed by atoms with van der Waals surface area (Å²) in [4.78, 5) is 0. The summed E-state index contributed by atoms with van der Waals surface area (Å²) in [6.45, 7) is 7.28. The van der Waals surface area contributed by atoms with Crippen LogP contribution in [0.25, 0.3) is 21.9 Å². The van der Waals surface area contributed by atoms with E-state index >= 15 is 0 Å². The number of hydrogen-bond acceptors (Lipinski definition) is 2. The Labute approximate surface area is 150 Å². The summed E-state index contributed by atoms with van der Waals surface area (Å²) < 4.78 is 5.85. The van der Waals surface area contributed by atoms with E-state index in [1.165, 1.54) is 16.5 Å². The highest BCUT2D eigenvalue weighted by atomic mass is 16.5. The van der Waals surface area contributed by atoms with Gasteiger partial charge in [0, 0.05) is 0 Å². The molecule has 1 radical (unpaired) electrons. The van der Waals surface area contributed by atoms with Crippen LogP contribution in [-0.4, -0.2) is 23.8 Å². The van der Waals surface area contributed by atoms with Crippen LogP contribution in [0.1, 0.15) is 27.7 Å². The van der Waals surface area contributed by atoms with Crippen molar-refractivity contribution in [1.29, 1.82) is 0 Å². The molecule has 0 aromatic heterocycles. The quantitative estimate of drug-likeness (QED) is 0.706. The van der Waals surface area contributed by atoms with Gasteiger partial charge in [0.05, 0.1) is 11.2 Å². The number of aliphatic hydroxyl groups is 1. The van der Waals surface area contributed by atoms with Crippen LogP contribution in [0.15, 0.2) is 66.7 Å². The van der Waals surface area contributed by atoms with E-state index < -0.39 is 11.2 Å². The number of fused-ring (bicyclic) bond motifs is 1. The van der Waals surface area contributed by atoms with Crippen molar-refractivity contribution in [3.63, 3.8) is 0 Å². The van der Waals surface area contributed by atoms with Gasteiger partial charge in [0.15, 0.2) is 0 Å². The van der Waals surface area contributed by atoms with Crippen molar-refractivity contribution in [2.75, 3.05) is 0 Å². The summed E-state index contributed by atoms with van der Waals surface area (Å²) in [5.74, 6) is 0. The largest absolute Gasteiger partial charge is 0.427 e. The molecule has 1 N–H and O–H groups in total. The predicted octanol–water partition coefficient (Wildman–Crippen LogP) is 4.32. The van der Waals surface area contributed by atoms with Gasteiger partial charge in [-0.15, -0.1) is 0 Å². The molecular formula is C22H24BO2. The van der Waals surface area contributed by atoms with Gasteiger partial charge in [-0.05, 0) is 55.7 Å². The van der Waals surface area contributed by atoms with Crippen molar-refractivity contribution in [1.82, 2.24) is 0 Å². The maximum Gasteiger partial charge on any atom is 0.330 e. The molecule has 0 aliphatic carbocycles. The van der Waals surface area contributed by atoms with E-state index in [2.05, 4.69) is 54.6 Å². The first kappa shape index (κ1) is 17.7. The molecule has 127 valence electrons. The molecule has 0 aliphatic rings. The molecule has 0 unspecified atom stereocenters. The lowest BCUT2D eigenvalue weighted by Crippen LogP contribution is -2.49. The zero-order valence-electron chi connectivity index (χ0n) is 15.3. The minimum absolute atomic E-state index is 0.668. The Morgan fingerprint density at radius 1 is 0.760 bits per heavy atom. The van der Waals surface area contributed by atoms with Crippen molar-refractivity contribution < 1.29 is 9.76 Å². The standard InChI is InChI=1S/C22H24BO2/c1-21(2,24)22(3,4)25-23-20-13-12-18-14-17(10-11-19(18)15-20)16-8-6-5-7-9-16/h5-15,24H,1-4H3. The summed E-state index contributed by atoms with van der Waals surface area (Å²) >= 11 is 0. The summed E-state index contributed by atoms with van der Waals surface area (Å²) in [5, 5.41) is 12.5. The van der Waals surface area contributed by atoms with Gasteiger partial charge in [-0.25, -0.2) is 0 Å². The summed E-state index contributed by atoms with van der Waals surface area (Å²) in [6.07, 6.45) is 0. The van der Waals surface area contributed by atoms with Crippen LogP contribution in [0, 0.1) is 0 Å². The van der Waals surface area contributed by atoms with Crippen molar-refractivity contribution in [3.8, 4) is 11.1 Å². The highest BCUT2D eigenvalue weighted by Gasteiger charge is 2.35. The molecule has 3 aromatic rings. The van der Waals surface area contributed by atoms with E-state index in [1.807, 2.05) is 26.0 Å². The van der Waals surface area contributed by atoms with Gasteiger partial charge in [0.25, 0.3) is 0 Å². The molecule has 3 heteroatoms. The van der Waals surface area contributed by atoms with Gasteiger partial charge in [-0.1, -0.05) is 66.1 Å². The minimum Gasteiger partial charge on any atom is -0.427 e. The fourth-order valence-corrected chi connectivity index (χ4v) is 2.51. The highest BCUT2D eigenvalue weighted by molar-refractivity contribution is 6.47. The van der Waals surface area contributed by atoms with E-state index in [4.69, 9.17) is 4.65 Å². The summed E-state index contributed by atoms with van der Waals surface area (Å²) in [7, 11) is 1.72. The Hall–Kier alpha value is -2.10. The van der Waals surface area contributed by atoms with Gasteiger partial charge in [-0.2, -0.15) is 0 Å². The first-order chi connectivity index (χ1) is 11.8. The third kappa shape index (κ3) is 3.94. The molecule has 0 saturated heterocycles. The average Bonchev–Trinajstić information content (AvgIpc) is 2.59. The van der Waals surface area contributed by atoms with Crippen LogP contribution in [0.3, 0.4) is 0 Å². The molecule has 2 nitrogen and oxygen atoms in total. The first-order valence-electron chi connectivity index (χ1n) is 8.59. The second-order valence-electron chi connectivity index (χ2n) is 7.49. The molecule has 0 aliphatic heterocycles. The molecule has 0 fully saturated rings. The molecule has 0 atom stereocenters. The SMILES string of the molecule is CC(C)(O)C(C)(C)O[B]c1ccc2cc(-c3ccccc3)ccc2c1. The van der Waals surface area contributed by atoms with Crippen LogP contribution in [0.4, 0.5) is 0 Å². The lowest BCUT2D eigenvalue weighted by molar-refractivity contribution is -0.0893. The molecule has 0 saturated carbocycles. The second kappa shape index (κ2) is 6.66. The zero-order valence-corrected chi connectivity index (χ0v) is 15.3. The monoisotopic (exact) mass is 331 g/mol. The molecule has 3 aromatic carbocycles. The Morgan fingerprint density at radius 2 is 1.40 bits per heavy atom. The molecule has 0 spiro atoms. The number of hydrogen-bond donors (Lipinski definition) is 1. The van der Waals surface area contributed by atoms with E-state index in [0.717, 1.165) is 10.8 Å². The third-order valence-electron chi connectivity index (χ3n) is 4.93. The van der Waals surface area contributed by atoms with E-state index in [0.29, 0.717) is 0 Å². The molecular weight excluding hydrogens is 307 g/mol. The van der Waals surface area contributed by atoms with Crippen molar-refractivity contribution >= 4 is 23.7 Å². The number of rotatable bonds is 5. The first-order valence-corrected chi connectivity index (χ1v) is 8.59. The molecule has 0 bridgehead atoms. The zero-order chi connectivity index (χ0) is 18.1. The molecule has 25 heavy (non-hydrogen) atoms. The molecule has 0 heterocycles. The Kier molecular flexibility index (Phi) is 4.72. The topological polar surface area (TPSA) is 29.5 Å². The van der Waals surface area contributed by atoms with Gasteiger partial charge in [-0.3, -0.25) is 0 Å². The lowest BCUT2D eigenvalue weighted by atomic mass is 9.82. The Balaban J connectivity index is 1.82. The molecule has 0 amide bonds. The normalized spacial score (nSPS) is 12.4. The van der Waals surface area contributed by atoms with Crippen LogP contribution < -0.4 is 5.46 Å². The van der Waals surface area contributed by atoms with Crippen molar-refractivity contribution in [3.05, 3.63) is 66.7 Å². The fraction of sp³-hybridized carbons (Fsp3) is 0.273. The third-order valence-corrected chi connectivity index (χ3v) is 4.93. The van der Waals surface area contributed by atoms with Crippen molar-refractivity contribution in [2.24, 2.45) is 0 Å². The van der Waals surface area contributed by atoms with Crippen molar-refractivity contribution in [2.45, 2.75) is 38.9 Å². The lowest BCUT2D eigenvalue weighted by Gasteiger charge is -2.37. The van der Waals surface area contributed by atoms with Crippen LogP contribution in [-0.2, 0) is 4.65 Å². The predicted molar refractivity (Wildman–Crippen MR) is 106 cm³/mol. The van der Waals surface area contributed by atoms with Gasteiger partial charge >= 0.3 is 7.48 Å². The number of benzene rings is 3. The van der Waals surface area contributed by atoms with Gasteiger partial charge in [0.1, 0.15) is 0 Å². The van der Waals surface area contributed by atoms with E-state index in [9.17, 15) is 5.11 Å². The Morgan fingerprint density at radius 3 is 2.08 bits per heavy atom. The minimum atomic E-state index is -0.926. The van der Waals surface area contributed by atoms with E-state index in [-0.39, 0.29) is 0 Å². The van der Waals surface area contributed by atoms with Gasteiger partial charge < -0.3 is 9.76 Å². The summed E-state index contributed by atoms with van der Waals surface area (Å²) in [6, 6.07) is 23.1. The fourth-order valence-electron chi connectivity index (χ4n) is 2.51. The van der Waals surface area contributed by atoms with Crippen LogP contribution >= 0.6 is 0 Å². The van der Waals surface area contributed by atoms with Gasteiger partial charge in [0.2, 0.25) is 0 Å². The highest BCUT2D eigenvalue weighted by Crippen LogP contribution is 2.25. The second-order valence-corrected chi connectivity index (χ2v) is 7.49. The average molecular weight is 331 g/mol. The van der Waals surface area contributed by atoms with Crippen LogP contribution in [0.5, 0.6) is 0 Å². The maximum atomic E-state index is 10.2. The smallest absolute Gasteiger partial charge is 0.330 e. The summed E-state index contributed by atoms with van der Waals surface area (Å²) in [5.41, 5.74) is 1.82. The van der Waals surface area contributed by atoms with Crippen LogP contribution in [0.2, 0.25) is 0 Å². The molecule has 3 rings (SSSR count). The van der Waals surface area contributed by atoms with E-state index in [1.54, 1.807) is 21.3 Å². The maximum absolute atomic E-state index is 10.2.